The summed E-state index contributed by atoms with van der Waals surface area (Å²) in [6.45, 7) is 12.7. The fourth-order valence-corrected chi connectivity index (χ4v) is 4.55. The van der Waals surface area contributed by atoms with E-state index in [-0.39, 0.29) is 18.4 Å². The molecule has 1 aromatic heterocycles. The van der Waals surface area contributed by atoms with Gasteiger partial charge >= 0.3 is 6.09 Å². The number of hydrogen-bond donors (Lipinski definition) is 0. The summed E-state index contributed by atoms with van der Waals surface area (Å²) in [6, 6.07) is 9.22. The van der Waals surface area contributed by atoms with Gasteiger partial charge in [0, 0.05) is 17.5 Å². The topological polar surface area (TPSA) is 78.0 Å². The Morgan fingerprint density at radius 2 is 1.79 bits per heavy atom. The zero-order valence-electron chi connectivity index (χ0n) is 23.4. The van der Waals surface area contributed by atoms with Crippen LogP contribution in [-0.4, -0.2) is 41.1 Å². The largest absolute Gasteiger partial charge is 0.461 e. The Morgan fingerprint density at radius 3 is 2.45 bits per heavy atom. The fraction of sp³-hybridized carbons (Fsp3) is 0.433. The molecule has 0 N–H and O–H groups in total. The van der Waals surface area contributed by atoms with Crippen LogP contribution in [0.5, 0.6) is 0 Å². The number of allylic oxidation sites excluding steroid dienone is 4. The van der Waals surface area contributed by atoms with Crippen molar-refractivity contribution in [2.24, 2.45) is 0 Å². The van der Waals surface area contributed by atoms with E-state index in [1.807, 2.05) is 83.2 Å². The predicted molar refractivity (Wildman–Crippen MR) is 152 cm³/mol. The van der Waals surface area contributed by atoms with Gasteiger partial charge < -0.3 is 14.2 Å². The molecule has 206 valence electrons. The van der Waals surface area contributed by atoms with E-state index in [2.05, 4.69) is 10.4 Å². The lowest BCUT2D eigenvalue weighted by molar-refractivity contribution is -0.120. The van der Waals surface area contributed by atoms with Gasteiger partial charge in [0.15, 0.2) is 5.78 Å². The monoisotopic (exact) mass is 540 g/mol. The number of nitrogens with zero attached hydrogens (tertiary/aromatic N) is 2. The van der Waals surface area contributed by atoms with Crippen LogP contribution in [0.15, 0.2) is 65.5 Å². The highest BCUT2D eigenvalue weighted by molar-refractivity contribution is 7.09. The van der Waals surface area contributed by atoms with Crippen LogP contribution in [0, 0.1) is 6.92 Å². The summed E-state index contributed by atoms with van der Waals surface area (Å²) in [6.07, 6.45) is 8.03. The molecule has 2 bridgehead atoms. The van der Waals surface area contributed by atoms with Gasteiger partial charge in [-0.15, -0.1) is 11.3 Å². The molecule has 2 aliphatic heterocycles. The van der Waals surface area contributed by atoms with Crippen molar-refractivity contribution in [3.05, 3.63) is 81.7 Å². The van der Waals surface area contributed by atoms with Gasteiger partial charge in [0.1, 0.15) is 18.1 Å². The first-order valence-corrected chi connectivity index (χ1v) is 14.1. The van der Waals surface area contributed by atoms with Crippen LogP contribution in [0.25, 0.3) is 5.57 Å². The number of carbonyl (C=O) groups excluding carboxylic acids is 2. The van der Waals surface area contributed by atoms with Crippen molar-refractivity contribution in [2.75, 3.05) is 13.3 Å². The normalized spacial score (nSPS) is 17.1. The predicted octanol–water partition coefficient (Wildman–Crippen LogP) is 7.44. The molecular weight excluding hydrogens is 500 g/mol. The number of aromatic nitrogens is 1. The van der Waals surface area contributed by atoms with E-state index in [0.29, 0.717) is 13.3 Å². The zero-order chi connectivity index (χ0) is 27.9. The lowest BCUT2D eigenvalue weighted by Gasteiger charge is -2.21. The average Bonchev–Trinajstić information content (AvgIpc) is 3.60. The number of ketones is 1. The van der Waals surface area contributed by atoms with Crippen molar-refractivity contribution in [3.8, 4) is 0 Å². The molecule has 2 aromatic rings. The first-order valence-electron chi connectivity index (χ1n) is 13.3. The molecule has 1 aliphatic carbocycles. The average molecular weight is 541 g/mol. The number of fused-ring (bicyclic) bond motifs is 2. The summed E-state index contributed by atoms with van der Waals surface area (Å²) in [5.74, 6) is 1.94. The van der Waals surface area contributed by atoms with Crippen LogP contribution >= 0.6 is 11.3 Å². The van der Waals surface area contributed by atoms with E-state index in [9.17, 15) is 9.59 Å². The lowest BCUT2D eigenvalue weighted by atomic mass is 10.1. The van der Waals surface area contributed by atoms with Crippen LogP contribution in [0.1, 0.15) is 70.1 Å². The van der Waals surface area contributed by atoms with Gasteiger partial charge in [-0.1, -0.05) is 58.0 Å². The highest BCUT2D eigenvalue weighted by Crippen LogP contribution is 2.29. The molecule has 8 heteroatoms. The Balaban J connectivity index is 0.000000237. The molecule has 1 aromatic carbocycles. The number of aryl methyl sites for hydroxylation is 1. The Kier molecular flexibility index (Phi) is 13.3. The quantitative estimate of drug-likeness (QED) is 0.401. The van der Waals surface area contributed by atoms with Gasteiger partial charge in [0.25, 0.3) is 0 Å². The molecule has 5 rings (SSSR count). The van der Waals surface area contributed by atoms with Crippen molar-refractivity contribution in [2.45, 2.75) is 73.5 Å². The van der Waals surface area contributed by atoms with Gasteiger partial charge in [0.05, 0.1) is 23.2 Å². The second-order valence-corrected chi connectivity index (χ2v) is 9.27. The van der Waals surface area contributed by atoms with Crippen LogP contribution in [0.2, 0.25) is 0 Å². The van der Waals surface area contributed by atoms with Crippen LogP contribution in [0.3, 0.4) is 0 Å². The van der Waals surface area contributed by atoms with Crippen molar-refractivity contribution < 1.29 is 23.8 Å². The summed E-state index contributed by atoms with van der Waals surface area (Å²) < 4.78 is 16.0. The Bertz CT molecular complexity index is 1120. The Labute approximate surface area is 230 Å². The lowest BCUT2D eigenvalue weighted by Crippen LogP contribution is -2.39. The minimum atomic E-state index is -0.392. The first kappa shape index (κ1) is 30.8. The molecule has 3 heterocycles. The van der Waals surface area contributed by atoms with E-state index < -0.39 is 6.09 Å². The molecule has 1 atom stereocenters. The number of amides is 1. The highest BCUT2D eigenvalue weighted by atomic mass is 32.1. The minimum Gasteiger partial charge on any atom is -0.461 e. The number of Topliss-reactive ketones (excluding diaryl/α,β-unsaturated/α-hetero) is 1. The molecule has 3 aliphatic rings. The summed E-state index contributed by atoms with van der Waals surface area (Å²) in [5.41, 5.74) is 3.03. The molecule has 38 heavy (non-hydrogen) atoms. The van der Waals surface area contributed by atoms with E-state index in [0.717, 1.165) is 52.6 Å². The number of likely N-dealkylation sites (tertiary alicyclic amines) is 1. The molecule has 0 saturated carbocycles. The van der Waals surface area contributed by atoms with Crippen molar-refractivity contribution >= 4 is 28.8 Å². The highest BCUT2D eigenvalue weighted by Gasteiger charge is 2.32. The van der Waals surface area contributed by atoms with Crippen molar-refractivity contribution in [1.29, 1.82) is 0 Å². The van der Waals surface area contributed by atoms with Gasteiger partial charge in [-0.05, 0) is 50.5 Å². The van der Waals surface area contributed by atoms with Gasteiger partial charge in [-0.25, -0.2) is 9.78 Å². The van der Waals surface area contributed by atoms with Gasteiger partial charge in [-0.3, -0.25) is 9.69 Å². The van der Waals surface area contributed by atoms with Crippen LogP contribution in [-0.2, 0) is 25.6 Å². The summed E-state index contributed by atoms with van der Waals surface area (Å²) in [5, 5.41) is 3.14. The molecule has 7 nitrogen and oxygen atoms in total. The van der Waals surface area contributed by atoms with Crippen LogP contribution < -0.4 is 0 Å². The third kappa shape index (κ3) is 9.17. The number of carbonyl (C=O) groups is 2. The summed E-state index contributed by atoms with van der Waals surface area (Å²) in [4.78, 5) is 29.3. The van der Waals surface area contributed by atoms with Crippen molar-refractivity contribution in [1.82, 2.24) is 9.88 Å². The molecular formula is C30H40N2O5S. The number of hydrogen-bond acceptors (Lipinski definition) is 7. The SMILES string of the molecule is CC.CC.CC(=O)[C@@H]1CCCN1C(=O)OCc1ccccc1.Cc1nc(C2=CC=C3CC(=C2)OCO3)cs1. The second kappa shape index (κ2) is 16.5. The number of benzene rings is 1. The van der Waals surface area contributed by atoms with Gasteiger partial charge in [0.2, 0.25) is 6.79 Å². The first-order chi connectivity index (χ1) is 18.5. The minimum absolute atomic E-state index is 0.0316. The molecule has 1 amide bonds. The number of ether oxygens (including phenoxy) is 3. The molecule has 0 spiro atoms. The molecule has 2 fully saturated rings. The third-order valence-electron chi connectivity index (χ3n) is 5.68. The Hall–Kier alpha value is -3.39. The molecule has 2 saturated heterocycles. The summed E-state index contributed by atoms with van der Waals surface area (Å²) >= 11 is 1.66. The summed E-state index contributed by atoms with van der Waals surface area (Å²) in [7, 11) is 0. The maximum atomic E-state index is 11.9. The zero-order valence-corrected chi connectivity index (χ0v) is 24.2. The van der Waals surface area contributed by atoms with Crippen molar-refractivity contribution in [3.63, 3.8) is 0 Å². The number of rotatable bonds is 4. The van der Waals surface area contributed by atoms with Crippen LogP contribution in [0.4, 0.5) is 4.79 Å². The second-order valence-electron chi connectivity index (χ2n) is 8.20. The Morgan fingerprint density at radius 1 is 1.08 bits per heavy atom. The maximum absolute atomic E-state index is 11.9. The third-order valence-corrected chi connectivity index (χ3v) is 6.45. The fourth-order valence-electron chi connectivity index (χ4n) is 3.92. The van der Waals surface area contributed by atoms with Gasteiger partial charge in [-0.2, -0.15) is 0 Å². The van der Waals surface area contributed by atoms with E-state index in [1.54, 1.807) is 11.3 Å². The maximum Gasteiger partial charge on any atom is 0.410 e. The van der Waals surface area contributed by atoms with E-state index >= 15 is 0 Å². The standard InChI is InChI=1S/C14H17NO3.C12H11NO2S.2C2H6/c1-11(16)13-8-5-9-15(13)14(17)18-10-12-6-3-2-4-7-12;1-8-13-12(6-16-8)9-2-3-10-5-11(4-9)15-7-14-10;2*1-2/h2-4,6-7,13H,5,8-10H2,1H3;2-4,6H,5,7H2,1H3;2*1-2H3/t13-;;;/m0.../s1. The number of thiazole rings is 1. The molecule has 0 radical (unpaired) electrons. The molecule has 0 unspecified atom stereocenters. The van der Waals surface area contributed by atoms with E-state index in [4.69, 9.17) is 14.2 Å². The smallest absolute Gasteiger partial charge is 0.410 e. The van der Waals surface area contributed by atoms with E-state index in [1.165, 1.54) is 11.8 Å².